The fourth-order valence-electron chi connectivity index (χ4n) is 2.59. The average molecular weight is 322 g/mol. The molecule has 0 radical (unpaired) electrons. The highest BCUT2D eigenvalue weighted by Gasteiger charge is 2.12. The van der Waals surface area contributed by atoms with Crippen LogP contribution in [-0.2, 0) is 15.9 Å². The normalized spacial score (nSPS) is 11.1. The van der Waals surface area contributed by atoms with Crippen molar-refractivity contribution in [2.24, 2.45) is 0 Å². The van der Waals surface area contributed by atoms with E-state index in [1.54, 1.807) is 0 Å². The topological polar surface area (TPSA) is 27.7 Å². The minimum absolute atomic E-state index is 0.574. The Morgan fingerprint density at radius 1 is 0.783 bits per heavy atom. The van der Waals surface area contributed by atoms with Crippen LogP contribution >= 0.6 is 0 Å². The zero-order valence-electron chi connectivity index (χ0n) is 15.2. The maximum absolute atomic E-state index is 5.89. The van der Waals surface area contributed by atoms with E-state index in [1.807, 2.05) is 26.0 Å². The van der Waals surface area contributed by atoms with E-state index in [4.69, 9.17) is 14.2 Å². The number of para-hydroxylation sites is 1. The van der Waals surface area contributed by atoms with Crippen LogP contribution in [0.25, 0.3) is 0 Å². The zero-order chi connectivity index (χ0) is 16.8. The van der Waals surface area contributed by atoms with Crippen molar-refractivity contribution in [2.45, 2.75) is 78.6 Å². The quantitative estimate of drug-likeness (QED) is 0.324. The van der Waals surface area contributed by atoms with Crippen molar-refractivity contribution in [1.82, 2.24) is 0 Å². The van der Waals surface area contributed by atoms with Crippen LogP contribution in [0.4, 0.5) is 0 Å². The van der Waals surface area contributed by atoms with Crippen LogP contribution < -0.4 is 4.74 Å². The monoisotopic (exact) mass is 322 g/mol. The van der Waals surface area contributed by atoms with Crippen LogP contribution in [0, 0.1) is 0 Å². The van der Waals surface area contributed by atoms with Gasteiger partial charge in [-0.2, -0.15) is 0 Å². The van der Waals surface area contributed by atoms with Gasteiger partial charge in [0.25, 0.3) is 0 Å². The van der Waals surface area contributed by atoms with Gasteiger partial charge in [0.05, 0.1) is 13.2 Å². The van der Waals surface area contributed by atoms with Crippen LogP contribution in [0.3, 0.4) is 0 Å². The second-order valence-corrected chi connectivity index (χ2v) is 5.80. The van der Waals surface area contributed by atoms with Crippen LogP contribution in [0.1, 0.15) is 71.3 Å². The van der Waals surface area contributed by atoms with Crippen molar-refractivity contribution in [1.29, 1.82) is 0 Å². The van der Waals surface area contributed by atoms with E-state index in [0.717, 1.165) is 12.2 Å². The van der Waals surface area contributed by atoms with Crippen LogP contribution in [0.15, 0.2) is 24.3 Å². The van der Waals surface area contributed by atoms with E-state index < -0.39 is 6.48 Å². The summed E-state index contributed by atoms with van der Waals surface area (Å²) in [6.45, 7) is 6.68. The lowest BCUT2D eigenvalue weighted by atomic mass is 10.0. The average Bonchev–Trinajstić information content (AvgIpc) is 2.56. The molecule has 0 aliphatic rings. The Balaban J connectivity index is 2.40. The van der Waals surface area contributed by atoms with Crippen LogP contribution in [-0.4, -0.2) is 19.7 Å². The molecule has 0 atom stereocenters. The molecule has 0 amide bonds. The first-order chi connectivity index (χ1) is 11.3. The lowest BCUT2D eigenvalue weighted by molar-refractivity contribution is -0.242. The van der Waals surface area contributed by atoms with Gasteiger partial charge in [0.1, 0.15) is 5.75 Å². The Bertz CT molecular complexity index is 386. The van der Waals surface area contributed by atoms with Crippen molar-refractivity contribution in [2.75, 3.05) is 13.2 Å². The molecule has 0 aliphatic carbocycles. The molecular formula is C20H34O3. The van der Waals surface area contributed by atoms with E-state index in [1.165, 1.54) is 50.5 Å². The van der Waals surface area contributed by atoms with Gasteiger partial charge in [-0.15, -0.1) is 0 Å². The third kappa shape index (κ3) is 8.97. The number of hydrogen-bond acceptors (Lipinski definition) is 3. The largest absolute Gasteiger partial charge is 0.441 e. The van der Waals surface area contributed by atoms with Crippen molar-refractivity contribution >= 4 is 0 Å². The Labute approximate surface area is 142 Å². The lowest BCUT2D eigenvalue weighted by Crippen LogP contribution is -2.24. The molecule has 3 nitrogen and oxygen atoms in total. The first-order valence-corrected chi connectivity index (χ1v) is 9.29. The lowest BCUT2D eigenvalue weighted by Gasteiger charge is -2.20. The van der Waals surface area contributed by atoms with E-state index in [0.29, 0.717) is 13.2 Å². The Morgan fingerprint density at radius 3 is 2.04 bits per heavy atom. The van der Waals surface area contributed by atoms with E-state index >= 15 is 0 Å². The molecule has 0 heterocycles. The Morgan fingerprint density at radius 2 is 1.39 bits per heavy atom. The van der Waals surface area contributed by atoms with E-state index in [2.05, 4.69) is 19.1 Å². The fourth-order valence-corrected chi connectivity index (χ4v) is 2.59. The molecule has 3 heteroatoms. The highest BCUT2D eigenvalue weighted by molar-refractivity contribution is 5.33. The zero-order valence-corrected chi connectivity index (χ0v) is 15.2. The molecule has 0 aliphatic heterocycles. The molecule has 0 unspecified atom stereocenters. The standard InChI is InChI=1S/C20H34O3/c1-4-7-8-9-10-11-12-15-18-16-13-14-17-19(18)23-20(21-5-2)22-6-3/h13-14,16-17,20H,4-12,15H2,1-3H3. The first-order valence-electron chi connectivity index (χ1n) is 9.29. The molecule has 0 bridgehead atoms. The van der Waals surface area contributed by atoms with Crippen LogP contribution in [0.2, 0.25) is 0 Å². The van der Waals surface area contributed by atoms with Gasteiger partial charge in [0.2, 0.25) is 0 Å². The predicted molar refractivity (Wildman–Crippen MR) is 95.8 cm³/mol. The summed E-state index contributed by atoms with van der Waals surface area (Å²) in [6, 6.07) is 8.21. The van der Waals surface area contributed by atoms with E-state index in [-0.39, 0.29) is 0 Å². The fraction of sp³-hybridized carbons (Fsp3) is 0.700. The summed E-state index contributed by atoms with van der Waals surface area (Å²) in [4.78, 5) is 0. The van der Waals surface area contributed by atoms with Gasteiger partial charge < -0.3 is 14.2 Å². The third-order valence-corrected chi connectivity index (χ3v) is 3.85. The highest BCUT2D eigenvalue weighted by Crippen LogP contribution is 2.22. The third-order valence-electron chi connectivity index (χ3n) is 3.85. The summed E-state index contributed by atoms with van der Waals surface area (Å²) in [5, 5.41) is 0. The smallest absolute Gasteiger partial charge is 0.315 e. The summed E-state index contributed by atoms with van der Waals surface area (Å²) in [5.41, 5.74) is 1.24. The van der Waals surface area contributed by atoms with Crippen molar-refractivity contribution < 1.29 is 14.2 Å². The minimum atomic E-state index is -0.611. The SMILES string of the molecule is CCCCCCCCCc1ccccc1OC(OCC)OCC. The maximum atomic E-state index is 5.89. The highest BCUT2D eigenvalue weighted by atomic mass is 16.8. The molecular weight excluding hydrogens is 288 g/mol. The summed E-state index contributed by atoms with van der Waals surface area (Å²) in [5.74, 6) is 0.880. The molecule has 132 valence electrons. The number of unbranched alkanes of at least 4 members (excludes halogenated alkanes) is 6. The molecule has 23 heavy (non-hydrogen) atoms. The van der Waals surface area contributed by atoms with Crippen molar-refractivity contribution in [3.8, 4) is 5.75 Å². The summed E-state index contributed by atoms with van der Waals surface area (Å²) in [6.07, 6.45) is 10.3. The van der Waals surface area contributed by atoms with E-state index in [9.17, 15) is 0 Å². The second kappa shape index (κ2) is 13.4. The molecule has 1 rings (SSSR count). The number of rotatable bonds is 14. The second-order valence-electron chi connectivity index (χ2n) is 5.80. The van der Waals surface area contributed by atoms with Crippen LogP contribution in [0.5, 0.6) is 5.75 Å². The minimum Gasteiger partial charge on any atom is -0.441 e. The van der Waals surface area contributed by atoms with Gasteiger partial charge in [0, 0.05) is 0 Å². The number of ether oxygens (including phenoxy) is 3. The molecule has 1 aromatic rings. The summed E-state index contributed by atoms with van der Waals surface area (Å²) >= 11 is 0. The Kier molecular flexibility index (Phi) is 11.6. The number of aryl methyl sites for hydroxylation is 1. The molecule has 0 N–H and O–H groups in total. The predicted octanol–water partition coefficient (Wildman–Crippen LogP) is 5.72. The first kappa shape index (κ1) is 20.0. The molecule has 0 saturated heterocycles. The maximum Gasteiger partial charge on any atom is 0.315 e. The summed E-state index contributed by atoms with van der Waals surface area (Å²) in [7, 11) is 0. The van der Waals surface area contributed by atoms with Gasteiger partial charge in [-0.1, -0.05) is 63.6 Å². The molecule has 1 aromatic carbocycles. The number of hydrogen-bond donors (Lipinski definition) is 0. The summed E-state index contributed by atoms with van der Waals surface area (Å²) < 4.78 is 16.8. The molecule has 0 saturated carbocycles. The molecule has 0 fully saturated rings. The molecule has 0 aromatic heterocycles. The van der Waals surface area contributed by atoms with Crippen molar-refractivity contribution in [3.05, 3.63) is 29.8 Å². The van der Waals surface area contributed by atoms with Gasteiger partial charge in [-0.25, -0.2) is 0 Å². The number of benzene rings is 1. The van der Waals surface area contributed by atoms with Gasteiger partial charge in [-0.3, -0.25) is 0 Å². The Hall–Kier alpha value is -1.06. The molecule has 0 spiro atoms. The van der Waals surface area contributed by atoms with Gasteiger partial charge in [0.15, 0.2) is 0 Å². The van der Waals surface area contributed by atoms with Gasteiger partial charge >= 0.3 is 6.48 Å². The van der Waals surface area contributed by atoms with Gasteiger partial charge in [-0.05, 0) is 38.3 Å². The van der Waals surface area contributed by atoms with Crippen molar-refractivity contribution in [3.63, 3.8) is 0 Å².